The quantitative estimate of drug-likeness (QED) is 0.695. The molecule has 1 aromatic rings. The van der Waals surface area contributed by atoms with Gasteiger partial charge in [0.05, 0.1) is 13.1 Å². The zero-order chi connectivity index (χ0) is 14.1. The van der Waals surface area contributed by atoms with Crippen LogP contribution in [-0.4, -0.2) is 58.7 Å². The van der Waals surface area contributed by atoms with E-state index in [9.17, 15) is 4.79 Å². The summed E-state index contributed by atoms with van der Waals surface area (Å²) in [4.78, 5) is 17.4. The standard InChI is InChI=1S/C7H12N4.C3H7NO.C2H6/c1-6-8-7-5-10(2)3-4-11(7)9-6;1-4(2)3-5;1-2/h3-5H2,1-2H3;3H,1-2H3;1-2H3. The molecule has 6 heteroatoms. The molecule has 2 heterocycles. The summed E-state index contributed by atoms with van der Waals surface area (Å²) in [6.45, 7) is 8.93. The lowest BCUT2D eigenvalue weighted by molar-refractivity contribution is -0.115. The highest BCUT2D eigenvalue weighted by Gasteiger charge is 2.14. The van der Waals surface area contributed by atoms with Crippen LogP contribution in [0.5, 0.6) is 0 Å². The molecule has 18 heavy (non-hydrogen) atoms. The number of carbonyl (C=O) groups is 1. The molecule has 104 valence electrons. The smallest absolute Gasteiger partial charge is 0.209 e. The predicted octanol–water partition coefficient (Wildman–Crippen LogP) is 0.763. The molecule has 0 aliphatic carbocycles. The molecule has 0 aromatic carbocycles. The summed E-state index contributed by atoms with van der Waals surface area (Å²) in [6, 6.07) is 0. The van der Waals surface area contributed by atoms with Gasteiger partial charge < -0.3 is 4.90 Å². The van der Waals surface area contributed by atoms with E-state index >= 15 is 0 Å². The molecule has 1 aromatic heterocycles. The number of likely N-dealkylation sites (N-methyl/N-ethyl adjacent to an activating group) is 1. The van der Waals surface area contributed by atoms with Crippen molar-refractivity contribution in [1.29, 1.82) is 0 Å². The molecule has 0 saturated carbocycles. The number of hydrogen-bond acceptors (Lipinski definition) is 4. The first-order valence-electron chi connectivity index (χ1n) is 6.23. The van der Waals surface area contributed by atoms with Crippen molar-refractivity contribution in [1.82, 2.24) is 24.6 Å². The van der Waals surface area contributed by atoms with E-state index < -0.39 is 0 Å². The highest BCUT2D eigenvalue weighted by molar-refractivity contribution is 5.45. The Hall–Kier alpha value is -1.43. The summed E-state index contributed by atoms with van der Waals surface area (Å²) < 4.78 is 2.00. The van der Waals surface area contributed by atoms with Crippen molar-refractivity contribution in [3.8, 4) is 0 Å². The van der Waals surface area contributed by atoms with Gasteiger partial charge in [0, 0.05) is 20.6 Å². The Morgan fingerprint density at radius 3 is 2.33 bits per heavy atom. The molecule has 0 fully saturated rings. The van der Waals surface area contributed by atoms with E-state index in [4.69, 9.17) is 0 Å². The SMILES string of the molecule is CC.CN(C)C=O.Cc1nc2n(n1)CCN(C)C2. The fraction of sp³-hybridized carbons (Fsp3) is 0.750. The van der Waals surface area contributed by atoms with Crippen molar-refractivity contribution >= 4 is 6.41 Å². The number of nitrogens with zero attached hydrogens (tertiary/aromatic N) is 5. The molecule has 1 aliphatic rings. The molecule has 0 bridgehead atoms. The van der Waals surface area contributed by atoms with Gasteiger partial charge in [0.25, 0.3) is 0 Å². The molecule has 0 unspecified atom stereocenters. The van der Waals surface area contributed by atoms with Crippen molar-refractivity contribution < 1.29 is 4.79 Å². The summed E-state index contributed by atoms with van der Waals surface area (Å²) >= 11 is 0. The molecule has 0 N–H and O–H groups in total. The summed E-state index contributed by atoms with van der Waals surface area (Å²) in [5.41, 5.74) is 0. The van der Waals surface area contributed by atoms with Gasteiger partial charge in [-0.25, -0.2) is 9.67 Å². The lowest BCUT2D eigenvalue weighted by atomic mass is 10.4. The third-order valence-corrected chi connectivity index (χ3v) is 2.17. The molecule has 1 aliphatic heterocycles. The highest BCUT2D eigenvalue weighted by atomic mass is 16.1. The van der Waals surface area contributed by atoms with Crippen LogP contribution in [0.4, 0.5) is 0 Å². The van der Waals surface area contributed by atoms with Crippen LogP contribution in [0.1, 0.15) is 25.5 Å². The Labute approximate surface area is 110 Å². The zero-order valence-electron chi connectivity index (χ0n) is 12.3. The van der Waals surface area contributed by atoms with Crippen LogP contribution in [0, 0.1) is 6.92 Å². The second-order valence-electron chi connectivity index (χ2n) is 4.11. The first-order valence-corrected chi connectivity index (χ1v) is 6.23. The second kappa shape index (κ2) is 8.63. The lowest BCUT2D eigenvalue weighted by Crippen LogP contribution is -2.30. The number of carbonyl (C=O) groups excluding carboxylic acids is 1. The Kier molecular flexibility index (Phi) is 7.94. The number of fused-ring (bicyclic) bond motifs is 1. The minimum absolute atomic E-state index is 0.750. The summed E-state index contributed by atoms with van der Waals surface area (Å²) in [6.07, 6.45) is 0.750. The monoisotopic (exact) mass is 255 g/mol. The normalized spacial score (nSPS) is 13.4. The topological polar surface area (TPSA) is 54.3 Å². The molecule has 1 amide bonds. The van der Waals surface area contributed by atoms with E-state index in [1.54, 1.807) is 14.1 Å². The van der Waals surface area contributed by atoms with Crippen molar-refractivity contribution in [3.05, 3.63) is 11.6 Å². The third-order valence-electron chi connectivity index (χ3n) is 2.17. The van der Waals surface area contributed by atoms with Crippen LogP contribution >= 0.6 is 0 Å². The van der Waals surface area contributed by atoms with Gasteiger partial charge in [-0.15, -0.1) is 0 Å². The second-order valence-corrected chi connectivity index (χ2v) is 4.11. The van der Waals surface area contributed by atoms with Crippen LogP contribution in [0.15, 0.2) is 0 Å². The predicted molar refractivity (Wildman–Crippen MR) is 72.2 cm³/mol. The van der Waals surface area contributed by atoms with Gasteiger partial charge in [0.1, 0.15) is 11.6 Å². The fourth-order valence-corrected chi connectivity index (χ4v) is 1.38. The van der Waals surface area contributed by atoms with E-state index in [1.807, 2.05) is 25.5 Å². The van der Waals surface area contributed by atoms with Crippen molar-refractivity contribution in [2.75, 3.05) is 27.7 Å². The summed E-state index contributed by atoms with van der Waals surface area (Å²) in [7, 11) is 5.48. The molecule has 0 saturated heterocycles. The molecule has 0 radical (unpaired) electrons. The van der Waals surface area contributed by atoms with Crippen LogP contribution in [0.2, 0.25) is 0 Å². The molecular formula is C12H25N5O. The Bertz CT molecular complexity index is 348. The van der Waals surface area contributed by atoms with Gasteiger partial charge in [-0.05, 0) is 14.0 Å². The molecule has 0 atom stereocenters. The first kappa shape index (κ1) is 16.6. The van der Waals surface area contributed by atoms with E-state index in [-0.39, 0.29) is 0 Å². The van der Waals surface area contributed by atoms with Gasteiger partial charge in [0.15, 0.2) is 0 Å². The molecule has 2 rings (SSSR count). The largest absolute Gasteiger partial charge is 0.351 e. The summed E-state index contributed by atoms with van der Waals surface area (Å²) in [5, 5.41) is 4.26. The van der Waals surface area contributed by atoms with Gasteiger partial charge in [-0.1, -0.05) is 13.8 Å². The van der Waals surface area contributed by atoms with Gasteiger partial charge in [0.2, 0.25) is 6.41 Å². The highest BCUT2D eigenvalue weighted by Crippen LogP contribution is 2.06. The van der Waals surface area contributed by atoms with Gasteiger partial charge >= 0.3 is 0 Å². The van der Waals surface area contributed by atoms with Crippen molar-refractivity contribution in [2.24, 2.45) is 0 Å². The number of aromatic nitrogens is 3. The first-order chi connectivity index (χ1) is 8.52. The summed E-state index contributed by atoms with van der Waals surface area (Å²) in [5.74, 6) is 1.98. The minimum Gasteiger partial charge on any atom is -0.351 e. The zero-order valence-corrected chi connectivity index (χ0v) is 12.3. The maximum absolute atomic E-state index is 9.43. The molecule has 0 spiro atoms. The fourth-order valence-electron chi connectivity index (χ4n) is 1.38. The van der Waals surface area contributed by atoms with Crippen LogP contribution in [0.25, 0.3) is 0 Å². The van der Waals surface area contributed by atoms with E-state index in [0.29, 0.717) is 0 Å². The van der Waals surface area contributed by atoms with Gasteiger partial charge in [-0.2, -0.15) is 5.10 Å². The average Bonchev–Trinajstić information content (AvgIpc) is 2.71. The average molecular weight is 255 g/mol. The minimum atomic E-state index is 0.750. The molecular weight excluding hydrogens is 230 g/mol. The number of hydrogen-bond donors (Lipinski definition) is 0. The maximum atomic E-state index is 9.43. The van der Waals surface area contributed by atoms with Crippen LogP contribution in [0.3, 0.4) is 0 Å². The van der Waals surface area contributed by atoms with Crippen LogP contribution < -0.4 is 0 Å². The Morgan fingerprint density at radius 1 is 1.28 bits per heavy atom. The lowest BCUT2D eigenvalue weighted by Gasteiger charge is -2.21. The molecule has 6 nitrogen and oxygen atoms in total. The van der Waals surface area contributed by atoms with E-state index in [2.05, 4.69) is 22.0 Å². The van der Waals surface area contributed by atoms with E-state index in [0.717, 1.165) is 37.7 Å². The van der Waals surface area contributed by atoms with Crippen LogP contribution in [-0.2, 0) is 17.9 Å². The Balaban J connectivity index is 0.000000354. The third kappa shape index (κ3) is 5.77. The van der Waals surface area contributed by atoms with Gasteiger partial charge in [-0.3, -0.25) is 9.69 Å². The maximum Gasteiger partial charge on any atom is 0.209 e. The number of amides is 1. The van der Waals surface area contributed by atoms with Crippen molar-refractivity contribution in [3.63, 3.8) is 0 Å². The number of aryl methyl sites for hydroxylation is 1. The number of rotatable bonds is 1. The Morgan fingerprint density at radius 2 is 1.83 bits per heavy atom. The van der Waals surface area contributed by atoms with Crippen molar-refractivity contribution in [2.45, 2.75) is 33.9 Å². The van der Waals surface area contributed by atoms with E-state index in [1.165, 1.54) is 4.90 Å².